The number of benzene rings is 2. The average molecular weight is 297 g/mol. The van der Waals surface area contributed by atoms with E-state index in [9.17, 15) is 17.2 Å². The van der Waals surface area contributed by atoms with Crippen LogP contribution in [0.4, 0.5) is 14.5 Å². The summed E-state index contributed by atoms with van der Waals surface area (Å²) in [5, 5.41) is 0. The molecular weight excluding hydrogens is 284 g/mol. The van der Waals surface area contributed by atoms with Crippen molar-refractivity contribution >= 4 is 15.7 Å². The van der Waals surface area contributed by atoms with Crippen molar-refractivity contribution in [1.29, 1.82) is 0 Å². The van der Waals surface area contributed by atoms with E-state index >= 15 is 0 Å². The first kappa shape index (κ1) is 14.5. The third-order valence-corrected chi connectivity index (χ3v) is 4.32. The molecule has 0 atom stereocenters. The predicted octanol–water partition coefficient (Wildman–Crippen LogP) is 3.38. The van der Waals surface area contributed by atoms with Crippen LogP contribution in [0.15, 0.2) is 41.3 Å². The molecule has 2 aromatic carbocycles. The van der Waals surface area contributed by atoms with Gasteiger partial charge in [-0.05, 0) is 37.6 Å². The Morgan fingerprint density at radius 2 is 1.70 bits per heavy atom. The van der Waals surface area contributed by atoms with E-state index in [4.69, 9.17) is 0 Å². The van der Waals surface area contributed by atoms with Crippen molar-refractivity contribution in [2.24, 2.45) is 0 Å². The van der Waals surface area contributed by atoms with Crippen molar-refractivity contribution in [2.45, 2.75) is 18.7 Å². The maximum absolute atomic E-state index is 13.5. The van der Waals surface area contributed by atoms with Crippen molar-refractivity contribution < 1.29 is 17.2 Å². The fourth-order valence-electron chi connectivity index (χ4n) is 1.87. The molecule has 2 rings (SSSR count). The third-order valence-electron chi connectivity index (χ3n) is 2.80. The number of rotatable bonds is 3. The van der Waals surface area contributed by atoms with Gasteiger partial charge in [-0.3, -0.25) is 4.72 Å². The molecule has 0 fully saturated rings. The molecule has 0 heterocycles. The third kappa shape index (κ3) is 2.96. The standard InChI is InChI=1S/C14H13F2NO2S/c1-9-3-6-14(10(2)7-9)20(18,19)17-13-5-4-11(15)8-12(13)16/h3-8,17H,1-2H3. The van der Waals surface area contributed by atoms with Gasteiger partial charge in [-0.2, -0.15) is 0 Å². The molecule has 0 unspecified atom stereocenters. The quantitative estimate of drug-likeness (QED) is 0.944. The number of sulfonamides is 1. The van der Waals surface area contributed by atoms with Crippen LogP contribution in [0.3, 0.4) is 0 Å². The lowest BCUT2D eigenvalue weighted by atomic mass is 10.2. The smallest absolute Gasteiger partial charge is 0.262 e. The fraction of sp³-hybridized carbons (Fsp3) is 0.143. The van der Waals surface area contributed by atoms with Gasteiger partial charge in [0.2, 0.25) is 0 Å². The Kier molecular flexibility index (Phi) is 3.76. The summed E-state index contributed by atoms with van der Waals surface area (Å²) < 4.78 is 52.8. The molecule has 1 N–H and O–H groups in total. The number of halogens is 2. The Hall–Kier alpha value is -1.95. The molecule has 2 aromatic rings. The Morgan fingerprint density at radius 1 is 1.00 bits per heavy atom. The fourth-order valence-corrected chi connectivity index (χ4v) is 3.17. The second kappa shape index (κ2) is 5.20. The lowest BCUT2D eigenvalue weighted by Gasteiger charge is -2.11. The molecule has 0 aliphatic rings. The zero-order valence-electron chi connectivity index (χ0n) is 10.9. The van der Waals surface area contributed by atoms with Crippen LogP contribution in [-0.2, 0) is 10.0 Å². The summed E-state index contributed by atoms with van der Waals surface area (Å²) in [4.78, 5) is 0.0619. The molecular formula is C14H13F2NO2S. The average Bonchev–Trinajstić information content (AvgIpc) is 2.32. The van der Waals surface area contributed by atoms with E-state index in [1.54, 1.807) is 19.1 Å². The van der Waals surface area contributed by atoms with E-state index in [1.165, 1.54) is 6.07 Å². The highest BCUT2D eigenvalue weighted by Gasteiger charge is 2.18. The van der Waals surface area contributed by atoms with Crippen LogP contribution >= 0.6 is 0 Å². The first-order chi connectivity index (χ1) is 9.29. The molecule has 20 heavy (non-hydrogen) atoms. The van der Waals surface area contributed by atoms with Crippen LogP contribution in [0.5, 0.6) is 0 Å². The van der Waals surface area contributed by atoms with Gasteiger partial charge in [-0.1, -0.05) is 17.7 Å². The van der Waals surface area contributed by atoms with Gasteiger partial charge in [-0.15, -0.1) is 0 Å². The van der Waals surface area contributed by atoms with E-state index in [2.05, 4.69) is 4.72 Å². The summed E-state index contributed by atoms with van der Waals surface area (Å²) in [5.74, 6) is -1.73. The van der Waals surface area contributed by atoms with Gasteiger partial charge in [0, 0.05) is 6.07 Å². The molecule has 0 aliphatic carbocycles. The molecule has 0 saturated carbocycles. The molecule has 0 saturated heterocycles. The van der Waals surface area contributed by atoms with E-state index in [1.807, 2.05) is 6.92 Å². The van der Waals surface area contributed by atoms with Crippen LogP contribution in [-0.4, -0.2) is 8.42 Å². The SMILES string of the molecule is Cc1ccc(S(=O)(=O)Nc2ccc(F)cc2F)c(C)c1. The summed E-state index contributed by atoms with van der Waals surface area (Å²) in [5.41, 5.74) is 1.20. The Balaban J connectivity index is 2.41. The zero-order chi connectivity index (χ0) is 14.9. The van der Waals surface area contributed by atoms with Crippen molar-refractivity contribution in [3.8, 4) is 0 Å². The first-order valence-corrected chi connectivity index (χ1v) is 7.33. The molecule has 0 bridgehead atoms. The first-order valence-electron chi connectivity index (χ1n) is 5.85. The van der Waals surface area contributed by atoms with Gasteiger partial charge < -0.3 is 0 Å². The molecule has 3 nitrogen and oxygen atoms in total. The van der Waals surface area contributed by atoms with Gasteiger partial charge >= 0.3 is 0 Å². The molecule has 0 aromatic heterocycles. The molecule has 106 valence electrons. The summed E-state index contributed by atoms with van der Waals surface area (Å²) in [6.45, 7) is 3.50. The van der Waals surface area contributed by atoms with Crippen LogP contribution in [0.1, 0.15) is 11.1 Å². The molecule has 0 spiro atoms. The van der Waals surface area contributed by atoms with Gasteiger partial charge in [0.25, 0.3) is 10.0 Å². The highest BCUT2D eigenvalue weighted by atomic mass is 32.2. The number of hydrogen-bond donors (Lipinski definition) is 1. The van der Waals surface area contributed by atoms with Gasteiger partial charge in [-0.25, -0.2) is 17.2 Å². The molecule has 0 radical (unpaired) electrons. The lowest BCUT2D eigenvalue weighted by Crippen LogP contribution is -2.15. The number of hydrogen-bond acceptors (Lipinski definition) is 2. The van der Waals surface area contributed by atoms with Crippen molar-refractivity contribution in [3.63, 3.8) is 0 Å². The zero-order valence-corrected chi connectivity index (χ0v) is 11.8. The largest absolute Gasteiger partial charge is 0.277 e. The molecule has 0 aliphatic heterocycles. The van der Waals surface area contributed by atoms with Crippen molar-refractivity contribution in [1.82, 2.24) is 0 Å². The maximum atomic E-state index is 13.5. The van der Waals surface area contributed by atoms with E-state index in [0.717, 1.165) is 17.7 Å². The summed E-state index contributed by atoms with van der Waals surface area (Å²) in [7, 11) is -3.91. The van der Waals surface area contributed by atoms with Crippen LogP contribution in [0.2, 0.25) is 0 Å². The predicted molar refractivity (Wildman–Crippen MR) is 73.1 cm³/mol. The monoisotopic (exact) mass is 297 g/mol. The number of aryl methyl sites for hydroxylation is 2. The number of anilines is 1. The van der Waals surface area contributed by atoms with Crippen LogP contribution in [0, 0.1) is 25.5 Å². The summed E-state index contributed by atoms with van der Waals surface area (Å²) in [6.07, 6.45) is 0. The van der Waals surface area contributed by atoms with Gasteiger partial charge in [0.15, 0.2) is 0 Å². The van der Waals surface area contributed by atoms with Crippen molar-refractivity contribution in [2.75, 3.05) is 4.72 Å². The van der Waals surface area contributed by atoms with E-state index < -0.39 is 21.7 Å². The van der Waals surface area contributed by atoms with Crippen LogP contribution in [0.25, 0.3) is 0 Å². The molecule has 0 amide bonds. The highest BCUT2D eigenvalue weighted by Crippen LogP contribution is 2.22. The Labute approximate surface area is 116 Å². The number of nitrogens with one attached hydrogen (secondary N) is 1. The van der Waals surface area contributed by atoms with E-state index in [-0.39, 0.29) is 10.6 Å². The van der Waals surface area contributed by atoms with Gasteiger partial charge in [0.1, 0.15) is 11.6 Å². The van der Waals surface area contributed by atoms with Gasteiger partial charge in [0.05, 0.1) is 10.6 Å². The second-order valence-electron chi connectivity index (χ2n) is 4.50. The second-order valence-corrected chi connectivity index (χ2v) is 6.15. The van der Waals surface area contributed by atoms with Crippen LogP contribution < -0.4 is 4.72 Å². The minimum Gasteiger partial charge on any atom is -0.277 e. The highest BCUT2D eigenvalue weighted by molar-refractivity contribution is 7.92. The summed E-state index contributed by atoms with van der Waals surface area (Å²) >= 11 is 0. The van der Waals surface area contributed by atoms with E-state index in [0.29, 0.717) is 11.6 Å². The van der Waals surface area contributed by atoms with Crippen molar-refractivity contribution in [3.05, 3.63) is 59.2 Å². The molecule has 6 heteroatoms. The minimum absolute atomic E-state index is 0.0619. The summed E-state index contributed by atoms with van der Waals surface area (Å²) in [6, 6.07) is 7.49. The Morgan fingerprint density at radius 3 is 2.30 bits per heavy atom. The maximum Gasteiger partial charge on any atom is 0.262 e. The normalized spacial score (nSPS) is 11.4. The minimum atomic E-state index is -3.91. The Bertz CT molecular complexity index is 758. The topological polar surface area (TPSA) is 46.2 Å². The lowest BCUT2D eigenvalue weighted by molar-refractivity contribution is 0.582.